The molecule has 0 atom stereocenters. The zero-order valence-electron chi connectivity index (χ0n) is 14.5. The van der Waals surface area contributed by atoms with E-state index >= 15 is 0 Å². The third-order valence-electron chi connectivity index (χ3n) is 4.44. The predicted molar refractivity (Wildman–Crippen MR) is 115 cm³/mol. The fourth-order valence-corrected chi connectivity index (χ4v) is 3.91. The SMILES string of the molecule is Cc1cc(I)ccc1Nc1c(C(=O)NOCC2CC2)cc(Br)c2ocnc12. The molecule has 1 aliphatic carbocycles. The molecule has 0 spiro atoms. The second-order valence-electron chi connectivity index (χ2n) is 6.58. The normalized spacial score (nSPS) is 13.7. The number of amides is 1. The molecule has 0 unspecified atom stereocenters. The van der Waals surface area contributed by atoms with E-state index in [9.17, 15) is 4.79 Å². The molecule has 1 aliphatic rings. The lowest BCUT2D eigenvalue weighted by Gasteiger charge is -2.15. The lowest BCUT2D eigenvalue weighted by atomic mass is 10.1. The molecule has 4 rings (SSSR count). The maximum atomic E-state index is 12.8. The molecular weight excluding hydrogens is 525 g/mol. The highest BCUT2D eigenvalue weighted by atomic mass is 127. The molecule has 1 fully saturated rings. The average Bonchev–Trinajstić information content (AvgIpc) is 3.31. The summed E-state index contributed by atoms with van der Waals surface area (Å²) in [5.74, 6) is 0.231. The predicted octanol–water partition coefficient (Wildman–Crippen LogP) is 5.32. The molecule has 2 aromatic carbocycles. The number of hydrogen-bond donors (Lipinski definition) is 2. The number of anilines is 2. The highest BCUT2D eigenvalue weighted by molar-refractivity contribution is 14.1. The lowest BCUT2D eigenvalue weighted by molar-refractivity contribution is 0.0271. The Kier molecular flexibility index (Phi) is 5.38. The number of rotatable bonds is 6. The molecule has 0 saturated heterocycles. The molecular formula is C19H17BrIN3O3. The van der Waals surface area contributed by atoms with Crippen molar-refractivity contribution >= 4 is 66.9 Å². The summed E-state index contributed by atoms with van der Waals surface area (Å²) in [6.07, 6.45) is 3.68. The number of oxazole rings is 1. The summed E-state index contributed by atoms with van der Waals surface area (Å²) in [7, 11) is 0. The van der Waals surface area contributed by atoms with Crippen LogP contribution in [0.1, 0.15) is 28.8 Å². The molecule has 1 aromatic heterocycles. The van der Waals surface area contributed by atoms with Crippen molar-refractivity contribution in [2.24, 2.45) is 5.92 Å². The van der Waals surface area contributed by atoms with Gasteiger partial charge in [0.05, 0.1) is 22.3 Å². The van der Waals surface area contributed by atoms with Crippen LogP contribution in [0.25, 0.3) is 11.1 Å². The van der Waals surface area contributed by atoms with Gasteiger partial charge in [-0.05, 0) is 94.0 Å². The Morgan fingerprint density at radius 2 is 2.22 bits per heavy atom. The van der Waals surface area contributed by atoms with Crippen LogP contribution >= 0.6 is 38.5 Å². The first-order valence-corrected chi connectivity index (χ1v) is 10.4. The maximum Gasteiger partial charge on any atom is 0.277 e. The van der Waals surface area contributed by atoms with Gasteiger partial charge in [-0.1, -0.05) is 0 Å². The summed E-state index contributed by atoms with van der Waals surface area (Å²) in [6, 6.07) is 7.78. The number of carbonyl (C=O) groups excluding carboxylic acids is 1. The molecule has 6 nitrogen and oxygen atoms in total. The van der Waals surface area contributed by atoms with Gasteiger partial charge < -0.3 is 9.73 Å². The van der Waals surface area contributed by atoms with E-state index in [-0.39, 0.29) is 5.91 Å². The minimum absolute atomic E-state index is 0.327. The zero-order chi connectivity index (χ0) is 19.0. The third-order valence-corrected chi connectivity index (χ3v) is 5.70. The number of hydroxylamine groups is 1. The molecule has 0 radical (unpaired) electrons. The number of hydrogen-bond acceptors (Lipinski definition) is 5. The minimum atomic E-state index is -0.327. The van der Waals surface area contributed by atoms with Gasteiger partial charge in [0, 0.05) is 9.26 Å². The molecule has 3 aromatic rings. The fourth-order valence-electron chi connectivity index (χ4n) is 2.76. The number of halogens is 2. The van der Waals surface area contributed by atoms with Crippen molar-refractivity contribution in [2.75, 3.05) is 11.9 Å². The first-order chi connectivity index (χ1) is 13.0. The molecule has 0 bridgehead atoms. The van der Waals surface area contributed by atoms with Crippen molar-refractivity contribution < 1.29 is 14.0 Å². The molecule has 1 saturated carbocycles. The fraction of sp³-hybridized carbons (Fsp3) is 0.263. The van der Waals surface area contributed by atoms with Gasteiger partial charge in [-0.15, -0.1) is 0 Å². The Bertz CT molecular complexity index is 1020. The van der Waals surface area contributed by atoms with Gasteiger partial charge in [0.15, 0.2) is 12.0 Å². The monoisotopic (exact) mass is 541 g/mol. The second kappa shape index (κ2) is 7.76. The number of aryl methyl sites for hydroxylation is 1. The quantitative estimate of drug-likeness (QED) is 0.326. The van der Waals surface area contributed by atoms with Crippen molar-refractivity contribution in [3.8, 4) is 0 Å². The van der Waals surface area contributed by atoms with Crippen LogP contribution in [-0.2, 0) is 4.84 Å². The third kappa shape index (κ3) is 4.12. The van der Waals surface area contributed by atoms with Crippen LogP contribution in [0.4, 0.5) is 11.4 Å². The Morgan fingerprint density at radius 1 is 1.41 bits per heavy atom. The number of fused-ring (bicyclic) bond motifs is 1. The first-order valence-electron chi connectivity index (χ1n) is 8.54. The highest BCUT2D eigenvalue weighted by Gasteiger charge is 2.24. The van der Waals surface area contributed by atoms with E-state index in [2.05, 4.69) is 60.4 Å². The minimum Gasteiger partial charge on any atom is -0.442 e. The van der Waals surface area contributed by atoms with Gasteiger partial charge in [0.25, 0.3) is 5.91 Å². The molecule has 27 heavy (non-hydrogen) atoms. The van der Waals surface area contributed by atoms with E-state index in [0.717, 1.165) is 27.7 Å². The van der Waals surface area contributed by atoms with Crippen LogP contribution in [0.15, 0.2) is 39.5 Å². The molecule has 2 N–H and O–H groups in total. The van der Waals surface area contributed by atoms with Crippen molar-refractivity contribution in [2.45, 2.75) is 19.8 Å². The van der Waals surface area contributed by atoms with Crippen LogP contribution in [0.5, 0.6) is 0 Å². The average molecular weight is 542 g/mol. The summed E-state index contributed by atoms with van der Waals surface area (Å²) in [5.41, 5.74) is 6.68. The maximum absolute atomic E-state index is 12.8. The van der Waals surface area contributed by atoms with E-state index in [0.29, 0.717) is 39.3 Å². The van der Waals surface area contributed by atoms with Crippen LogP contribution in [0.2, 0.25) is 0 Å². The first kappa shape index (κ1) is 18.7. The smallest absolute Gasteiger partial charge is 0.277 e. The van der Waals surface area contributed by atoms with E-state index in [1.807, 2.05) is 19.1 Å². The Hall–Kier alpha value is -1.65. The second-order valence-corrected chi connectivity index (χ2v) is 8.68. The highest BCUT2D eigenvalue weighted by Crippen LogP contribution is 2.36. The number of nitrogens with zero attached hydrogens (tertiary/aromatic N) is 1. The van der Waals surface area contributed by atoms with Crippen molar-refractivity contribution in [3.63, 3.8) is 0 Å². The molecule has 8 heteroatoms. The van der Waals surface area contributed by atoms with Gasteiger partial charge in [-0.2, -0.15) is 0 Å². The molecule has 1 amide bonds. The van der Waals surface area contributed by atoms with Crippen LogP contribution in [0.3, 0.4) is 0 Å². The van der Waals surface area contributed by atoms with E-state index < -0.39 is 0 Å². The standard InChI is InChI=1S/C19H17BrIN3O3/c1-10-6-12(21)4-5-15(10)23-16-13(19(25)24-27-8-11-2-3-11)7-14(20)18-17(16)22-9-26-18/h4-7,9,11,23H,2-3,8H2,1H3,(H,24,25). The van der Waals surface area contributed by atoms with E-state index in [4.69, 9.17) is 9.25 Å². The van der Waals surface area contributed by atoms with Crippen LogP contribution < -0.4 is 10.8 Å². The van der Waals surface area contributed by atoms with Crippen molar-refractivity contribution in [1.82, 2.24) is 10.5 Å². The summed E-state index contributed by atoms with van der Waals surface area (Å²) in [4.78, 5) is 22.4. The number of carbonyl (C=O) groups is 1. The Labute approximate surface area is 178 Å². The summed E-state index contributed by atoms with van der Waals surface area (Å²) in [5, 5.41) is 3.35. The van der Waals surface area contributed by atoms with Gasteiger partial charge in [0.1, 0.15) is 5.52 Å². The van der Waals surface area contributed by atoms with Crippen molar-refractivity contribution in [1.29, 1.82) is 0 Å². The van der Waals surface area contributed by atoms with Gasteiger partial charge in [0.2, 0.25) is 0 Å². The van der Waals surface area contributed by atoms with Crippen LogP contribution in [-0.4, -0.2) is 17.5 Å². The van der Waals surface area contributed by atoms with E-state index in [1.54, 1.807) is 6.07 Å². The van der Waals surface area contributed by atoms with Crippen LogP contribution in [0, 0.1) is 16.4 Å². The topological polar surface area (TPSA) is 76.4 Å². The largest absolute Gasteiger partial charge is 0.442 e. The number of nitrogens with one attached hydrogen (secondary N) is 2. The van der Waals surface area contributed by atoms with Gasteiger partial charge in [-0.3, -0.25) is 9.63 Å². The Morgan fingerprint density at radius 3 is 2.96 bits per heavy atom. The van der Waals surface area contributed by atoms with Gasteiger partial charge in [-0.25, -0.2) is 10.5 Å². The molecule has 1 heterocycles. The van der Waals surface area contributed by atoms with Crippen molar-refractivity contribution in [3.05, 3.63) is 49.8 Å². The summed E-state index contributed by atoms with van der Waals surface area (Å²) in [6.45, 7) is 2.56. The summed E-state index contributed by atoms with van der Waals surface area (Å²) >= 11 is 5.73. The summed E-state index contributed by atoms with van der Waals surface area (Å²) < 4.78 is 7.27. The van der Waals surface area contributed by atoms with E-state index in [1.165, 1.54) is 6.39 Å². The Balaban J connectivity index is 1.70. The zero-order valence-corrected chi connectivity index (χ0v) is 18.3. The molecule has 140 valence electrons. The number of benzene rings is 2. The number of aromatic nitrogens is 1. The molecule has 0 aliphatic heterocycles. The van der Waals surface area contributed by atoms with Gasteiger partial charge >= 0.3 is 0 Å². The lowest BCUT2D eigenvalue weighted by Crippen LogP contribution is -2.25.